The summed E-state index contributed by atoms with van der Waals surface area (Å²) in [7, 11) is -3.11. The van der Waals surface area contributed by atoms with Crippen LogP contribution in [0.5, 0.6) is 5.75 Å². The highest BCUT2D eigenvalue weighted by Crippen LogP contribution is 2.40. The molecule has 0 N–H and O–H groups in total. The molecule has 0 spiro atoms. The van der Waals surface area contributed by atoms with Gasteiger partial charge in [-0.15, -0.1) is 0 Å². The van der Waals surface area contributed by atoms with Gasteiger partial charge in [-0.1, -0.05) is 0 Å². The van der Waals surface area contributed by atoms with Crippen LogP contribution in [0.4, 0.5) is 0 Å². The summed E-state index contributed by atoms with van der Waals surface area (Å²) >= 11 is 0. The van der Waals surface area contributed by atoms with Gasteiger partial charge in [-0.3, -0.25) is 4.98 Å². The van der Waals surface area contributed by atoms with Crippen LogP contribution in [-0.4, -0.2) is 54.9 Å². The molecule has 0 amide bonds. The SMILES string of the molecule is CCS(=O)(=O)N1CC[C@@H]2O[C@@](C)(COc3cccnc3)C[C@@H]2C1. The molecule has 0 bridgehead atoms. The average Bonchev–Trinajstić information content (AvgIpc) is 2.89. The molecule has 2 fully saturated rings. The summed E-state index contributed by atoms with van der Waals surface area (Å²) in [5.74, 6) is 1.13. The number of fused-ring (bicyclic) bond motifs is 1. The molecule has 0 unspecified atom stereocenters. The molecule has 3 atom stereocenters. The Morgan fingerprint density at radius 2 is 2.35 bits per heavy atom. The summed E-state index contributed by atoms with van der Waals surface area (Å²) in [4.78, 5) is 4.03. The van der Waals surface area contributed by atoms with Gasteiger partial charge in [0.1, 0.15) is 18.0 Å². The molecule has 7 heteroatoms. The Kier molecular flexibility index (Phi) is 4.62. The highest BCUT2D eigenvalue weighted by Gasteiger charge is 2.47. The molecule has 0 aromatic carbocycles. The molecule has 0 saturated carbocycles. The zero-order valence-electron chi connectivity index (χ0n) is 13.6. The first kappa shape index (κ1) is 16.7. The fraction of sp³-hybridized carbons (Fsp3) is 0.688. The Morgan fingerprint density at radius 3 is 3.04 bits per heavy atom. The zero-order chi connectivity index (χ0) is 16.5. The van der Waals surface area contributed by atoms with E-state index in [0.717, 1.165) is 18.6 Å². The molecule has 1 aromatic heterocycles. The van der Waals surface area contributed by atoms with E-state index in [1.54, 1.807) is 23.6 Å². The van der Waals surface area contributed by atoms with Crippen LogP contribution in [0.1, 0.15) is 26.7 Å². The second kappa shape index (κ2) is 6.37. The minimum Gasteiger partial charge on any atom is -0.489 e. The van der Waals surface area contributed by atoms with Gasteiger partial charge in [0, 0.05) is 25.2 Å². The summed E-state index contributed by atoms with van der Waals surface area (Å²) in [6, 6.07) is 3.70. The smallest absolute Gasteiger partial charge is 0.213 e. The lowest BCUT2D eigenvalue weighted by Gasteiger charge is -2.32. The normalized spacial score (nSPS) is 31.7. The van der Waals surface area contributed by atoms with E-state index < -0.39 is 10.0 Å². The van der Waals surface area contributed by atoms with Gasteiger partial charge < -0.3 is 9.47 Å². The summed E-state index contributed by atoms with van der Waals surface area (Å²) in [5.41, 5.74) is -0.378. The summed E-state index contributed by atoms with van der Waals surface area (Å²) in [5, 5.41) is 0. The number of hydrogen-bond donors (Lipinski definition) is 0. The predicted octanol–water partition coefficient (Wildman–Crippen LogP) is 1.68. The van der Waals surface area contributed by atoms with Gasteiger partial charge in [0.15, 0.2) is 0 Å². The first-order chi connectivity index (χ1) is 10.9. The van der Waals surface area contributed by atoms with Gasteiger partial charge in [0.05, 0.1) is 18.1 Å². The quantitative estimate of drug-likeness (QED) is 0.816. The lowest BCUT2D eigenvalue weighted by molar-refractivity contribution is -0.0655. The van der Waals surface area contributed by atoms with Crippen molar-refractivity contribution < 1.29 is 17.9 Å². The van der Waals surface area contributed by atoms with Crippen LogP contribution >= 0.6 is 0 Å². The third-order valence-corrected chi connectivity index (χ3v) is 6.54. The van der Waals surface area contributed by atoms with Crippen LogP contribution in [0.2, 0.25) is 0 Å². The van der Waals surface area contributed by atoms with Crippen LogP contribution in [-0.2, 0) is 14.8 Å². The Hall–Kier alpha value is -1.18. The van der Waals surface area contributed by atoms with E-state index in [4.69, 9.17) is 9.47 Å². The number of nitrogens with zero attached hydrogens (tertiary/aromatic N) is 2. The van der Waals surface area contributed by atoms with Crippen molar-refractivity contribution >= 4 is 10.0 Å². The summed E-state index contributed by atoms with van der Waals surface area (Å²) in [6.07, 6.45) is 5.08. The number of hydrogen-bond acceptors (Lipinski definition) is 5. The molecule has 2 aliphatic heterocycles. The average molecular weight is 340 g/mol. The van der Waals surface area contributed by atoms with Crippen molar-refractivity contribution in [3.63, 3.8) is 0 Å². The Morgan fingerprint density at radius 1 is 1.52 bits per heavy atom. The Labute approximate surface area is 137 Å². The molecule has 6 nitrogen and oxygen atoms in total. The van der Waals surface area contributed by atoms with Crippen LogP contribution < -0.4 is 4.74 Å². The van der Waals surface area contributed by atoms with Crippen molar-refractivity contribution in [2.75, 3.05) is 25.4 Å². The maximum Gasteiger partial charge on any atom is 0.213 e. The van der Waals surface area contributed by atoms with Gasteiger partial charge >= 0.3 is 0 Å². The van der Waals surface area contributed by atoms with Crippen LogP contribution in [0, 0.1) is 5.92 Å². The number of aromatic nitrogens is 1. The molecule has 3 heterocycles. The highest BCUT2D eigenvalue weighted by molar-refractivity contribution is 7.89. The predicted molar refractivity (Wildman–Crippen MR) is 86.8 cm³/mol. The highest BCUT2D eigenvalue weighted by atomic mass is 32.2. The summed E-state index contributed by atoms with van der Waals surface area (Å²) in [6.45, 7) is 5.30. The topological polar surface area (TPSA) is 68.7 Å². The van der Waals surface area contributed by atoms with Crippen molar-refractivity contribution in [3.8, 4) is 5.75 Å². The molecule has 1 aromatic rings. The first-order valence-electron chi connectivity index (χ1n) is 8.10. The maximum absolute atomic E-state index is 12.1. The molecule has 2 saturated heterocycles. The van der Waals surface area contributed by atoms with E-state index in [1.165, 1.54) is 0 Å². The van der Waals surface area contributed by atoms with Crippen LogP contribution in [0.25, 0.3) is 0 Å². The van der Waals surface area contributed by atoms with E-state index in [1.807, 2.05) is 19.1 Å². The van der Waals surface area contributed by atoms with Crippen molar-refractivity contribution in [2.24, 2.45) is 5.92 Å². The van der Waals surface area contributed by atoms with Crippen LogP contribution in [0.15, 0.2) is 24.5 Å². The second-order valence-corrected chi connectivity index (χ2v) is 8.85. The van der Waals surface area contributed by atoms with Gasteiger partial charge in [-0.25, -0.2) is 12.7 Å². The number of rotatable bonds is 5. The van der Waals surface area contributed by atoms with Gasteiger partial charge in [0.25, 0.3) is 0 Å². The monoisotopic (exact) mass is 340 g/mol. The number of piperidine rings is 1. The molecule has 0 radical (unpaired) electrons. The fourth-order valence-electron chi connectivity index (χ4n) is 3.49. The lowest BCUT2D eigenvalue weighted by Crippen LogP contribution is -2.44. The second-order valence-electron chi connectivity index (χ2n) is 6.60. The third kappa shape index (κ3) is 3.67. The molecular weight excluding hydrogens is 316 g/mol. The van der Waals surface area contributed by atoms with Crippen molar-refractivity contribution in [1.82, 2.24) is 9.29 Å². The minimum absolute atomic E-state index is 0.126. The number of sulfonamides is 1. The van der Waals surface area contributed by atoms with Crippen molar-refractivity contribution in [3.05, 3.63) is 24.5 Å². The van der Waals surface area contributed by atoms with E-state index in [2.05, 4.69) is 4.98 Å². The number of ether oxygens (including phenoxy) is 2. The van der Waals surface area contributed by atoms with E-state index >= 15 is 0 Å². The molecule has 2 aliphatic rings. The van der Waals surface area contributed by atoms with Gasteiger partial charge in [-0.2, -0.15) is 0 Å². The first-order valence-corrected chi connectivity index (χ1v) is 9.71. The number of pyridine rings is 1. The Balaban J connectivity index is 1.61. The fourth-order valence-corrected chi connectivity index (χ4v) is 4.66. The van der Waals surface area contributed by atoms with Crippen molar-refractivity contribution in [2.45, 2.75) is 38.4 Å². The third-order valence-electron chi connectivity index (χ3n) is 4.69. The summed E-state index contributed by atoms with van der Waals surface area (Å²) < 4.78 is 37.8. The lowest BCUT2D eigenvalue weighted by atomic mass is 9.90. The van der Waals surface area contributed by atoms with Gasteiger partial charge in [-0.05, 0) is 38.8 Å². The van der Waals surface area contributed by atoms with E-state index in [-0.39, 0.29) is 23.4 Å². The Bertz CT molecular complexity index is 637. The largest absolute Gasteiger partial charge is 0.489 e. The molecule has 3 rings (SSSR count). The maximum atomic E-state index is 12.1. The zero-order valence-corrected chi connectivity index (χ0v) is 14.5. The molecule has 23 heavy (non-hydrogen) atoms. The standard InChI is InChI=1S/C16H24N2O4S/c1-3-23(19,20)18-8-6-15-13(11-18)9-16(2,22-15)12-21-14-5-4-7-17-10-14/h4-5,7,10,13,15H,3,6,8-9,11-12H2,1-2H3/t13-,15+,16-/m1/s1. The van der Waals surface area contributed by atoms with Gasteiger partial charge in [0.2, 0.25) is 10.0 Å². The van der Waals surface area contributed by atoms with E-state index in [9.17, 15) is 8.42 Å². The van der Waals surface area contributed by atoms with Crippen molar-refractivity contribution in [1.29, 1.82) is 0 Å². The minimum atomic E-state index is -3.11. The molecule has 0 aliphatic carbocycles. The molecular formula is C16H24N2O4S. The van der Waals surface area contributed by atoms with E-state index in [0.29, 0.717) is 19.7 Å². The van der Waals surface area contributed by atoms with Crippen LogP contribution in [0.3, 0.4) is 0 Å². The molecule has 128 valence electrons.